The third kappa shape index (κ3) is 5.91. The van der Waals surface area contributed by atoms with Gasteiger partial charge in [-0.25, -0.2) is 0 Å². The average Bonchev–Trinajstić information content (AvgIpc) is 2.09. The predicted octanol–water partition coefficient (Wildman–Crippen LogP) is 2.49. The number of carbonyl (C=O) groups excluding carboxylic acids is 1. The Morgan fingerprint density at radius 3 is 2.00 bits per heavy atom. The van der Waals surface area contributed by atoms with Crippen LogP contribution in [-0.4, -0.2) is 24.3 Å². The Bertz CT molecular complexity index is 252. The molecule has 0 saturated carbocycles. The lowest BCUT2D eigenvalue weighted by Crippen LogP contribution is -2.48. The van der Waals surface area contributed by atoms with Gasteiger partial charge < -0.3 is 10.5 Å². The lowest BCUT2D eigenvalue weighted by atomic mass is 9.90. The standard InChI is InChI=1S/C11H20F3NO2/c1-6(2)5-8(9(15)11(12,13)14)10(16)17-7(3)4/h6-9H,5,15H2,1-4H3/t8-,9-/m0/s1. The second-order valence-corrected chi connectivity index (χ2v) is 4.79. The number of ether oxygens (including phenoxy) is 1. The number of alkyl halides is 3. The Labute approximate surface area is 99.5 Å². The maximum atomic E-state index is 12.5. The summed E-state index contributed by atoms with van der Waals surface area (Å²) in [5.74, 6) is -2.27. The molecule has 0 aromatic carbocycles. The van der Waals surface area contributed by atoms with Crippen molar-refractivity contribution in [2.75, 3.05) is 0 Å². The molecule has 2 atom stereocenters. The van der Waals surface area contributed by atoms with Crippen molar-refractivity contribution in [1.82, 2.24) is 0 Å². The highest BCUT2D eigenvalue weighted by atomic mass is 19.4. The molecule has 2 N–H and O–H groups in total. The summed E-state index contributed by atoms with van der Waals surface area (Å²) < 4.78 is 42.4. The molecule has 0 aliphatic carbocycles. The normalized spacial score (nSPS) is 16.1. The van der Waals surface area contributed by atoms with Crippen LogP contribution in [0.5, 0.6) is 0 Å². The number of halogens is 3. The van der Waals surface area contributed by atoms with Crippen molar-refractivity contribution in [2.24, 2.45) is 17.6 Å². The molecule has 0 saturated heterocycles. The number of esters is 1. The van der Waals surface area contributed by atoms with E-state index in [0.717, 1.165) is 0 Å². The van der Waals surface area contributed by atoms with Gasteiger partial charge in [-0.05, 0) is 26.2 Å². The summed E-state index contributed by atoms with van der Waals surface area (Å²) in [6.45, 7) is 6.64. The summed E-state index contributed by atoms with van der Waals surface area (Å²) in [5, 5.41) is 0. The number of hydrogen-bond donors (Lipinski definition) is 1. The fraction of sp³-hybridized carbons (Fsp3) is 0.909. The lowest BCUT2D eigenvalue weighted by molar-refractivity contribution is -0.179. The molecule has 0 aromatic heterocycles. The van der Waals surface area contributed by atoms with E-state index in [4.69, 9.17) is 10.5 Å². The maximum absolute atomic E-state index is 12.5. The second kappa shape index (κ2) is 6.23. The summed E-state index contributed by atoms with van der Waals surface area (Å²) in [6.07, 6.45) is -4.97. The first-order chi connectivity index (χ1) is 7.55. The van der Waals surface area contributed by atoms with Gasteiger partial charge in [0.2, 0.25) is 0 Å². The summed E-state index contributed by atoms with van der Waals surface area (Å²) in [6, 6.07) is -2.17. The van der Waals surface area contributed by atoms with Gasteiger partial charge >= 0.3 is 12.1 Å². The molecular formula is C11H20F3NO2. The molecule has 0 heterocycles. The van der Waals surface area contributed by atoms with Gasteiger partial charge in [0.1, 0.15) is 6.04 Å². The topological polar surface area (TPSA) is 52.3 Å². The summed E-state index contributed by atoms with van der Waals surface area (Å²) in [7, 11) is 0. The summed E-state index contributed by atoms with van der Waals surface area (Å²) >= 11 is 0. The molecule has 0 spiro atoms. The van der Waals surface area contributed by atoms with Crippen molar-refractivity contribution in [3.8, 4) is 0 Å². The first-order valence-electron chi connectivity index (χ1n) is 5.58. The summed E-state index contributed by atoms with van der Waals surface area (Å²) in [4.78, 5) is 11.6. The largest absolute Gasteiger partial charge is 0.463 e. The Morgan fingerprint density at radius 2 is 1.71 bits per heavy atom. The van der Waals surface area contributed by atoms with Crippen molar-refractivity contribution in [2.45, 2.75) is 52.4 Å². The number of carbonyl (C=O) groups is 1. The number of nitrogens with two attached hydrogens (primary N) is 1. The van der Waals surface area contributed by atoms with E-state index in [1.165, 1.54) is 0 Å². The highest BCUT2D eigenvalue weighted by Crippen LogP contribution is 2.28. The Balaban J connectivity index is 4.81. The second-order valence-electron chi connectivity index (χ2n) is 4.79. The fourth-order valence-corrected chi connectivity index (χ4v) is 1.45. The highest BCUT2D eigenvalue weighted by molar-refractivity contribution is 5.73. The molecule has 6 heteroatoms. The molecule has 0 unspecified atom stereocenters. The van der Waals surface area contributed by atoms with Gasteiger partial charge in [0.25, 0.3) is 0 Å². The highest BCUT2D eigenvalue weighted by Gasteiger charge is 2.45. The van der Waals surface area contributed by atoms with E-state index in [9.17, 15) is 18.0 Å². The van der Waals surface area contributed by atoms with E-state index in [0.29, 0.717) is 0 Å². The van der Waals surface area contributed by atoms with Crippen molar-refractivity contribution < 1.29 is 22.7 Å². The third-order valence-electron chi connectivity index (χ3n) is 2.19. The molecule has 0 aliphatic heterocycles. The van der Waals surface area contributed by atoms with Crippen LogP contribution in [0.15, 0.2) is 0 Å². The smallest absolute Gasteiger partial charge is 0.404 e. The molecular weight excluding hydrogens is 235 g/mol. The molecule has 0 rings (SSSR count). The molecule has 0 amide bonds. The van der Waals surface area contributed by atoms with E-state index >= 15 is 0 Å². The Kier molecular flexibility index (Phi) is 5.95. The quantitative estimate of drug-likeness (QED) is 0.768. The zero-order chi connectivity index (χ0) is 13.8. The molecule has 0 aliphatic rings. The van der Waals surface area contributed by atoms with Gasteiger partial charge in [0.15, 0.2) is 0 Å². The van der Waals surface area contributed by atoms with E-state index < -0.39 is 30.2 Å². The van der Waals surface area contributed by atoms with Crippen molar-refractivity contribution >= 4 is 5.97 Å². The van der Waals surface area contributed by atoms with E-state index in [-0.39, 0.29) is 12.3 Å². The van der Waals surface area contributed by atoms with Crippen molar-refractivity contribution in [3.63, 3.8) is 0 Å². The Morgan fingerprint density at radius 1 is 1.24 bits per heavy atom. The lowest BCUT2D eigenvalue weighted by Gasteiger charge is -2.26. The zero-order valence-corrected chi connectivity index (χ0v) is 10.5. The Hall–Kier alpha value is -0.780. The number of rotatable bonds is 5. The minimum Gasteiger partial charge on any atom is -0.463 e. The van der Waals surface area contributed by atoms with Gasteiger partial charge in [-0.2, -0.15) is 13.2 Å². The van der Waals surface area contributed by atoms with E-state index in [1.807, 2.05) is 0 Å². The summed E-state index contributed by atoms with van der Waals surface area (Å²) in [5.41, 5.74) is 5.09. The van der Waals surface area contributed by atoms with Gasteiger partial charge in [-0.3, -0.25) is 4.79 Å². The van der Waals surface area contributed by atoms with Crippen LogP contribution in [-0.2, 0) is 9.53 Å². The minimum absolute atomic E-state index is 0.0617. The monoisotopic (exact) mass is 255 g/mol. The van der Waals surface area contributed by atoms with Crippen LogP contribution in [0.3, 0.4) is 0 Å². The number of hydrogen-bond acceptors (Lipinski definition) is 3. The van der Waals surface area contributed by atoms with Gasteiger partial charge in [-0.1, -0.05) is 13.8 Å². The molecule has 17 heavy (non-hydrogen) atoms. The zero-order valence-electron chi connectivity index (χ0n) is 10.5. The molecule has 0 radical (unpaired) electrons. The van der Waals surface area contributed by atoms with Gasteiger partial charge in [0.05, 0.1) is 12.0 Å². The first-order valence-corrected chi connectivity index (χ1v) is 5.58. The van der Waals surface area contributed by atoms with E-state index in [2.05, 4.69) is 0 Å². The molecule has 0 bridgehead atoms. The molecule has 0 fully saturated rings. The van der Waals surface area contributed by atoms with Crippen molar-refractivity contribution in [3.05, 3.63) is 0 Å². The maximum Gasteiger partial charge on any atom is 0.404 e. The van der Waals surface area contributed by atoms with Crippen LogP contribution in [0, 0.1) is 11.8 Å². The van der Waals surface area contributed by atoms with Crippen LogP contribution in [0.2, 0.25) is 0 Å². The van der Waals surface area contributed by atoms with E-state index in [1.54, 1.807) is 27.7 Å². The molecule has 3 nitrogen and oxygen atoms in total. The van der Waals surface area contributed by atoms with Crippen LogP contribution >= 0.6 is 0 Å². The van der Waals surface area contributed by atoms with Gasteiger partial charge in [-0.15, -0.1) is 0 Å². The van der Waals surface area contributed by atoms with Crippen LogP contribution < -0.4 is 5.73 Å². The van der Waals surface area contributed by atoms with Gasteiger partial charge in [0, 0.05) is 0 Å². The molecule has 102 valence electrons. The first kappa shape index (κ1) is 16.2. The SMILES string of the molecule is CC(C)C[C@H](C(=O)OC(C)C)[C@H](N)C(F)(F)F. The molecule has 0 aromatic rings. The fourth-order valence-electron chi connectivity index (χ4n) is 1.45. The average molecular weight is 255 g/mol. The van der Waals surface area contributed by atoms with Crippen LogP contribution in [0.25, 0.3) is 0 Å². The predicted molar refractivity (Wildman–Crippen MR) is 58.2 cm³/mol. The third-order valence-corrected chi connectivity index (χ3v) is 2.19. The van der Waals surface area contributed by atoms with Crippen LogP contribution in [0.4, 0.5) is 13.2 Å². The minimum atomic E-state index is -4.59. The van der Waals surface area contributed by atoms with Crippen molar-refractivity contribution in [1.29, 1.82) is 0 Å². The van der Waals surface area contributed by atoms with Crippen LogP contribution in [0.1, 0.15) is 34.1 Å².